The fraction of sp³-hybridized carbons (Fsp3) is 0.391. The van der Waals surface area contributed by atoms with Crippen LogP contribution in [-0.4, -0.2) is 41.7 Å². The molecule has 0 aliphatic carbocycles. The maximum atomic E-state index is 13.8. The van der Waals surface area contributed by atoms with Crippen LogP contribution < -0.4 is 4.74 Å². The van der Waals surface area contributed by atoms with Crippen LogP contribution in [0.3, 0.4) is 0 Å². The van der Waals surface area contributed by atoms with Gasteiger partial charge >= 0.3 is 12.1 Å². The molecule has 2 aromatic rings. The number of carboxylic acid groups (broad SMARTS) is 1. The van der Waals surface area contributed by atoms with E-state index in [9.17, 15) is 27.9 Å². The van der Waals surface area contributed by atoms with Crippen LogP contribution in [0, 0.1) is 5.92 Å². The number of carbonyl (C=O) groups excluding carboxylic acids is 1. The minimum absolute atomic E-state index is 0.000183. The van der Waals surface area contributed by atoms with Crippen LogP contribution in [0.15, 0.2) is 42.5 Å². The number of ether oxygens (including phenoxy) is 2. The van der Waals surface area contributed by atoms with Gasteiger partial charge in [-0.3, -0.25) is 4.79 Å². The molecule has 1 atom stereocenters. The third kappa shape index (κ3) is 4.43. The van der Waals surface area contributed by atoms with Crippen molar-refractivity contribution in [1.82, 2.24) is 4.90 Å². The highest BCUT2D eigenvalue weighted by molar-refractivity contribution is 5.88. The van der Waals surface area contributed by atoms with Crippen LogP contribution >= 0.6 is 0 Å². The second-order valence-corrected chi connectivity index (χ2v) is 7.89. The Balaban J connectivity index is 1.77. The number of hydrogen-bond donors (Lipinski definition) is 1. The van der Waals surface area contributed by atoms with Crippen molar-refractivity contribution in [1.29, 1.82) is 0 Å². The highest BCUT2D eigenvalue weighted by Gasteiger charge is 2.40. The van der Waals surface area contributed by atoms with Crippen molar-refractivity contribution in [2.45, 2.75) is 31.6 Å². The maximum Gasteiger partial charge on any atom is 0.416 e. The Morgan fingerprint density at radius 1 is 1.06 bits per heavy atom. The molecule has 0 aromatic heterocycles. The number of nitrogens with zero attached hydrogens (tertiary/aromatic N) is 1. The van der Waals surface area contributed by atoms with E-state index in [4.69, 9.17) is 9.47 Å². The lowest BCUT2D eigenvalue weighted by Gasteiger charge is -2.35. The van der Waals surface area contributed by atoms with Crippen molar-refractivity contribution in [3.8, 4) is 5.75 Å². The summed E-state index contributed by atoms with van der Waals surface area (Å²) in [6.45, 7) is 0.632. The first-order valence-corrected chi connectivity index (χ1v) is 10.3. The molecule has 0 saturated carbocycles. The smallest absolute Gasteiger partial charge is 0.416 e. The van der Waals surface area contributed by atoms with Gasteiger partial charge in [0.25, 0.3) is 0 Å². The number of alkyl halides is 3. The molecule has 0 radical (unpaired) electrons. The fourth-order valence-corrected chi connectivity index (χ4v) is 4.22. The molecular weight excluding hydrogens is 427 g/mol. The van der Waals surface area contributed by atoms with Crippen LogP contribution in [0.5, 0.6) is 5.75 Å². The minimum atomic E-state index is -4.60. The molecule has 1 unspecified atom stereocenters. The van der Waals surface area contributed by atoms with E-state index < -0.39 is 23.8 Å². The predicted octanol–water partition coefficient (Wildman–Crippen LogP) is 4.29. The molecule has 0 spiro atoms. The lowest BCUT2D eigenvalue weighted by atomic mass is 9.94. The first-order valence-electron chi connectivity index (χ1n) is 10.3. The van der Waals surface area contributed by atoms with Crippen molar-refractivity contribution in [2.75, 3.05) is 19.8 Å². The lowest BCUT2D eigenvalue weighted by molar-refractivity contribution is -0.145. The molecule has 1 amide bonds. The minimum Gasteiger partial charge on any atom is -0.491 e. The molecule has 170 valence electrons. The second-order valence-electron chi connectivity index (χ2n) is 7.89. The molecule has 1 saturated heterocycles. The summed E-state index contributed by atoms with van der Waals surface area (Å²) in [4.78, 5) is 26.2. The zero-order valence-electron chi connectivity index (χ0n) is 17.1. The monoisotopic (exact) mass is 449 g/mol. The summed E-state index contributed by atoms with van der Waals surface area (Å²) in [5, 5.41) is 9.27. The Hall–Kier alpha value is -3.07. The standard InChI is InChI=1S/C23H22F3NO5/c24-23(25,26)18-4-2-1-3-17(18)19-13-32-20-11-15(22(29)30)5-6-16(20)12-27(19)21(28)14-7-9-31-10-8-14/h1-6,11,14,19H,7-10,12-13H2,(H,29,30). The molecule has 2 aliphatic rings. The van der Waals surface area contributed by atoms with Crippen LogP contribution in [0.25, 0.3) is 0 Å². The average Bonchev–Trinajstić information content (AvgIpc) is 2.97. The van der Waals surface area contributed by atoms with Crippen LogP contribution in [-0.2, 0) is 22.3 Å². The van der Waals surface area contributed by atoms with Gasteiger partial charge in [0.05, 0.1) is 23.7 Å². The summed E-state index contributed by atoms with van der Waals surface area (Å²) in [6.07, 6.45) is -3.61. The Morgan fingerprint density at radius 3 is 2.47 bits per heavy atom. The number of fused-ring (bicyclic) bond motifs is 1. The molecule has 6 nitrogen and oxygen atoms in total. The zero-order valence-corrected chi connectivity index (χ0v) is 17.1. The second kappa shape index (κ2) is 8.82. The van der Waals surface area contributed by atoms with Gasteiger partial charge in [-0.25, -0.2) is 4.79 Å². The third-order valence-electron chi connectivity index (χ3n) is 5.91. The Bertz CT molecular complexity index is 1020. The molecule has 1 fully saturated rings. The van der Waals surface area contributed by atoms with Gasteiger partial charge in [-0.1, -0.05) is 24.3 Å². The first kappa shape index (κ1) is 22.1. The fourth-order valence-electron chi connectivity index (χ4n) is 4.22. The van der Waals surface area contributed by atoms with Gasteiger partial charge < -0.3 is 19.5 Å². The van der Waals surface area contributed by atoms with Gasteiger partial charge in [0.1, 0.15) is 12.4 Å². The van der Waals surface area contributed by atoms with Crippen molar-refractivity contribution in [3.05, 3.63) is 64.7 Å². The Kier molecular flexibility index (Phi) is 6.10. The molecule has 32 heavy (non-hydrogen) atoms. The SMILES string of the molecule is O=C(O)c1ccc2c(c1)OCC(c1ccccc1C(F)(F)F)N(C(=O)C1CCOCC1)C2. The normalized spacial score (nSPS) is 19.6. The number of aromatic carboxylic acids is 1. The molecule has 9 heteroatoms. The number of amides is 1. The zero-order chi connectivity index (χ0) is 22.9. The van der Waals surface area contributed by atoms with Crippen LogP contribution in [0.2, 0.25) is 0 Å². The largest absolute Gasteiger partial charge is 0.491 e. The van der Waals surface area contributed by atoms with E-state index in [0.29, 0.717) is 31.6 Å². The van der Waals surface area contributed by atoms with Crippen molar-refractivity contribution < 1.29 is 37.3 Å². The van der Waals surface area contributed by atoms with E-state index in [-0.39, 0.29) is 41.9 Å². The molecule has 2 aliphatic heterocycles. The number of rotatable bonds is 3. The number of benzene rings is 2. The van der Waals surface area contributed by atoms with E-state index in [1.54, 1.807) is 6.07 Å². The van der Waals surface area contributed by atoms with Crippen molar-refractivity contribution in [3.63, 3.8) is 0 Å². The quantitative estimate of drug-likeness (QED) is 0.757. The van der Waals surface area contributed by atoms with E-state index in [1.165, 1.54) is 35.2 Å². The third-order valence-corrected chi connectivity index (χ3v) is 5.91. The van der Waals surface area contributed by atoms with Crippen LogP contribution in [0.4, 0.5) is 13.2 Å². The van der Waals surface area contributed by atoms with Gasteiger partial charge in [0.2, 0.25) is 5.91 Å². The number of carboxylic acids is 1. The topological polar surface area (TPSA) is 76.1 Å². The lowest BCUT2D eigenvalue weighted by Crippen LogP contribution is -2.42. The molecule has 2 heterocycles. The van der Waals surface area contributed by atoms with Gasteiger partial charge in [-0.2, -0.15) is 13.2 Å². The van der Waals surface area contributed by atoms with Gasteiger partial charge in [-0.05, 0) is 36.6 Å². The first-order chi connectivity index (χ1) is 15.3. The number of halogens is 3. The summed E-state index contributed by atoms with van der Waals surface area (Å²) in [5.41, 5.74) is -0.329. The number of hydrogen-bond acceptors (Lipinski definition) is 4. The summed E-state index contributed by atoms with van der Waals surface area (Å²) in [7, 11) is 0. The molecule has 2 aromatic carbocycles. The van der Waals surface area contributed by atoms with Crippen molar-refractivity contribution in [2.24, 2.45) is 5.92 Å². The van der Waals surface area contributed by atoms with E-state index in [1.807, 2.05) is 0 Å². The van der Waals surface area contributed by atoms with Gasteiger partial charge in [0.15, 0.2) is 0 Å². The van der Waals surface area contributed by atoms with Gasteiger partial charge in [0, 0.05) is 24.7 Å². The summed E-state index contributed by atoms with van der Waals surface area (Å²) in [5.74, 6) is -1.51. The van der Waals surface area contributed by atoms with E-state index >= 15 is 0 Å². The maximum absolute atomic E-state index is 13.8. The highest BCUT2D eigenvalue weighted by atomic mass is 19.4. The predicted molar refractivity (Wildman–Crippen MR) is 107 cm³/mol. The Labute approximate surface area is 182 Å². The Morgan fingerprint density at radius 2 is 1.78 bits per heavy atom. The van der Waals surface area contributed by atoms with E-state index in [2.05, 4.69) is 0 Å². The summed E-state index contributed by atoms with van der Waals surface area (Å²) >= 11 is 0. The highest BCUT2D eigenvalue weighted by Crippen LogP contribution is 2.40. The summed E-state index contributed by atoms with van der Waals surface area (Å²) in [6, 6.07) is 8.46. The molecule has 4 rings (SSSR count). The molecular formula is C23H22F3NO5. The summed E-state index contributed by atoms with van der Waals surface area (Å²) < 4.78 is 52.4. The van der Waals surface area contributed by atoms with Crippen molar-refractivity contribution >= 4 is 11.9 Å². The van der Waals surface area contributed by atoms with Gasteiger partial charge in [-0.15, -0.1) is 0 Å². The number of carbonyl (C=O) groups is 2. The average molecular weight is 449 g/mol. The van der Waals surface area contributed by atoms with E-state index in [0.717, 1.165) is 6.07 Å². The molecule has 1 N–H and O–H groups in total. The van der Waals surface area contributed by atoms with Crippen LogP contribution in [0.1, 0.15) is 45.9 Å². The molecule has 0 bridgehead atoms.